The maximum absolute atomic E-state index is 9.26. The highest BCUT2D eigenvalue weighted by atomic mass is 16.5. The Morgan fingerprint density at radius 3 is 2.57 bits per heavy atom. The second-order valence-corrected chi connectivity index (χ2v) is 4.32. The summed E-state index contributed by atoms with van der Waals surface area (Å²) in [5.41, 5.74) is 7.10. The third kappa shape index (κ3) is 4.16. The fraction of sp³-hybridized carbons (Fsp3) is 0.176. The van der Waals surface area contributed by atoms with Crippen LogP contribution in [0.5, 0.6) is 17.2 Å². The molecule has 108 valence electrons. The van der Waals surface area contributed by atoms with Crippen LogP contribution in [0.3, 0.4) is 0 Å². The lowest BCUT2D eigenvalue weighted by molar-refractivity contribution is 0.304. The smallest absolute Gasteiger partial charge is 0.135 e. The molecule has 4 heteroatoms. The molecule has 0 saturated heterocycles. The Kier molecular flexibility index (Phi) is 5.08. The van der Waals surface area contributed by atoms with E-state index in [4.69, 9.17) is 15.2 Å². The normalized spacial score (nSPS) is 9.62. The Balaban J connectivity index is 2.16. The van der Waals surface area contributed by atoms with Gasteiger partial charge in [-0.3, -0.25) is 0 Å². The van der Waals surface area contributed by atoms with E-state index in [0.717, 1.165) is 11.1 Å². The molecule has 0 saturated carbocycles. The van der Waals surface area contributed by atoms with Gasteiger partial charge in [-0.25, -0.2) is 0 Å². The number of phenolic OH excluding ortho intramolecular Hbond substituents is 1. The zero-order valence-corrected chi connectivity index (χ0v) is 11.8. The predicted octanol–water partition coefficient (Wildman–Crippen LogP) is 2.29. The van der Waals surface area contributed by atoms with Crippen LogP contribution < -0.4 is 15.2 Å². The van der Waals surface area contributed by atoms with Crippen molar-refractivity contribution in [2.75, 3.05) is 13.7 Å². The van der Waals surface area contributed by atoms with E-state index in [2.05, 4.69) is 11.8 Å². The summed E-state index contributed by atoms with van der Waals surface area (Å²) in [6.07, 6.45) is 0. The Morgan fingerprint density at radius 2 is 1.90 bits per heavy atom. The minimum absolute atomic E-state index is 0.234. The number of nitrogens with two attached hydrogens (primary N) is 1. The molecule has 0 unspecified atom stereocenters. The van der Waals surface area contributed by atoms with Gasteiger partial charge in [0.25, 0.3) is 0 Å². The topological polar surface area (TPSA) is 64.7 Å². The molecule has 0 aromatic heterocycles. The van der Waals surface area contributed by atoms with Crippen molar-refractivity contribution in [2.24, 2.45) is 5.73 Å². The molecule has 2 aromatic carbocycles. The molecular weight excluding hydrogens is 266 g/mol. The third-order valence-corrected chi connectivity index (χ3v) is 2.84. The molecule has 21 heavy (non-hydrogen) atoms. The Morgan fingerprint density at radius 1 is 1.14 bits per heavy atom. The highest BCUT2D eigenvalue weighted by Crippen LogP contribution is 2.24. The van der Waals surface area contributed by atoms with Gasteiger partial charge in [0.2, 0.25) is 0 Å². The monoisotopic (exact) mass is 283 g/mol. The molecule has 0 fully saturated rings. The molecule has 0 bridgehead atoms. The molecule has 0 heterocycles. The molecule has 3 N–H and O–H groups in total. The molecule has 2 aromatic rings. The second-order valence-electron chi connectivity index (χ2n) is 4.32. The molecule has 0 atom stereocenters. The van der Waals surface area contributed by atoms with E-state index in [0.29, 0.717) is 18.1 Å². The maximum Gasteiger partial charge on any atom is 0.135 e. The zero-order valence-electron chi connectivity index (χ0n) is 11.8. The van der Waals surface area contributed by atoms with E-state index in [1.165, 1.54) is 0 Å². The molecule has 2 rings (SSSR count). The van der Waals surface area contributed by atoms with Gasteiger partial charge in [-0.15, -0.1) is 0 Å². The number of aromatic hydroxyl groups is 1. The summed E-state index contributed by atoms with van der Waals surface area (Å²) < 4.78 is 11.0. The predicted molar refractivity (Wildman–Crippen MR) is 81.4 cm³/mol. The van der Waals surface area contributed by atoms with Gasteiger partial charge in [0, 0.05) is 0 Å². The van der Waals surface area contributed by atoms with E-state index in [1.54, 1.807) is 19.2 Å². The minimum Gasteiger partial charge on any atom is -0.508 e. The second kappa shape index (κ2) is 7.22. The lowest BCUT2D eigenvalue weighted by Gasteiger charge is -2.10. The largest absolute Gasteiger partial charge is 0.508 e. The molecule has 4 nitrogen and oxygen atoms in total. The lowest BCUT2D eigenvalue weighted by Crippen LogP contribution is -1.98. The SMILES string of the molecule is COc1ccc(OCc2ccc(O)cc2)c(C#CCN)c1. The summed E-state index contributed by atoms with van der Waals surface area (Å²) in [6.45, 7) is 0.679. The first-order valence-corrected chi connectivity index (χ1v) is 6.50. The molecular formula is C17H17NO3. The van der Waals surface area contributed by atoms with Crippen LogP contribution >= 0.6 is 0 Å². The summed E-state index contributed by atoms with van der Waals surface area (Å²) in [7, 11) is 1.60. The number of phenols is 1. The van der Waals surface area contributed by atoms with Crippen molar-refractivity contribution in [3.8, 4) is 29.1 Å². The number of hydrogen-bond acceptors (Lipinski definition) is 4. The molecule has 0 spiro atoms. The van der Waals surface area contributed by atoms with E-state index in [-0.39, 0.29) is 12.3 Å². The first-order valence-electron chi connectivity index (χ1n) is 6.50. The lowest BCUT2D eigenvalue weighted by atomic mass is 10.2. The van der Waals surface area contributed by atoms with Crippen molar-refractivity contribution in [2.45, 2.75) is 6.61 Å². The number of benzene rings is 2. The van der Waals surface area contributed by atoms with Crippen LogP contribution in [0.4, 0.5) is 0 Å². The van der Waals surface area contributed by atoms with Crippen LogP contribution in [-0.4, -0.2) is 18.8 Å². The average molecular weight is 283 g/mol. The zero-order chi connectivity index (χ0) is 15.1. The third-order valence-electron chi connectivity index (χ3n) is 2.84. The van der Waals surface area contributed by atoms with Crippen LogP contribution in [0.25, 0.3) is 0 Å². The van der Waals surface area contributed by atoms with Crippen LogP contribution in [0.15, 0.2) is 42.5 Å². The molecule has 0 radical (unpaired) electrons. The van der Waals surface area contributed by atoms with Crippen molar-refractivity contribution in [3.05, 3.63) is 53.6 Å². The van der Waals surface area contributed by atoms with Gasteiger partial charge in [-0.1, -0.05) is 24.0 Å². The summed E-state index contributed by atoms with van der Waals surface area (Å²) in [6, 6.07) is 12.3. The standard InChI is InChI=1S/C17H17NO3/c1-20-16-8-9-17(14(11-16)3-2-10-18)21-12-13-4-6-15(19)7-5-13/h4-9,11,19H,10,12,18H2,1H3. The van der Waals surface area contributed by atoms with Gasteiger partial charge in [0.05, 0.1) is 19.2 Å². The van der Waals surface area contributed by atoms with E-state index in [9.17, 15) is 5.11 Å². The molecule has 0 aliphatic carbocycles. The highest BCUT2D eigenvalue weighted by molar-refractivity contribution is 5.50. The average Bonchev–Trinajstić information content (AvgIpc) is 2.52. The van der Waals surface area contributed by atoms with Crippen LogP contribution in [-0.2, 0) is 6.61 Å². The van der Waals surface area contributed by atoms with Gasteiger partial charge >= 0.3 is 0 Å². The van der Waals surface area contributed by atoms with E-state index in [1.807, 2.05) is 30.3 Å². The Hall–Kier alpha value is -2.64. The number of methoxy groups -OCH3 is 1. The van der Waals surface area contributed by atoms with Gasteiger partial charge in [0.1, 0.15) is 23.9 Å². The molecule has 0 amide bonds. The summed E-state index contributed by atoms with van der Waals surface area (Å²) in [4.78, 5) is 0. The van der Waals surface area contributed by atoms with Gasteiger partial charge < -0.3 is 20.3 Å². The fourth-order valence-corrected chi connectivity index (χ4v) is 1.76. The molecule has 0 aliphatic rings. The number of rotatable bonds is 4. The van der Waals surface area contributed by atoms with Gasteiger partial charge in [0.15, 0.2) is 0 Å². The Bertz CT molecular complexity index is 654. The van der Waals surface area contributed by atoms with E-state index < -0.39 is 0 Å². The van der Waals surface area contributed by atoms with Gasteiger partial charge in [-0.2, -0.15) is 0 Å². The minimum atomic E-state index is 0.234. The summed E-state index contributed by atoms with van der Waals surface area (Å²) in [5.74, 6) is 7.41. The summed E-state index contributed by atoms with van der Waals surface area (Å²) in [5, 5.41) is 9.26. The van der Waals surface area contributed by atoms with Crippen molar-refractivity contribution in [1.82, 2.24) is 0 Å². The summed E-state index contributed by atoms with van der Waals surface area (Å²) >= 11 is 0. The van der Waals surface area contributed by atoms with Crippen molar-refractivity contribution >= 4 is 0 Å². The van der Waals surface area contributed by atoms with Crippen molar-refractivity contribution in [1.29, 1.82) is 0 Å². The maximum atomic E-state index is 9.26. The van der Waals surface area contributed by atoms with Crippen molar-refractivity contribution < 1.29 is 14.6 Å². The van der Waals surface area contributed by atoms with E-state index >= 15 is 0 Å². The first-order chi connectivity index (χ1) is 10.2. The van der Waals surface area contributed by atoms with Crippen molar-refractivity contribution in [3.63, 3.8) is 0 Å². The number of ether oxygens (including phenoxy) is 2. The fourth-order valence-electron chi connectivity index (χ4n) is 1.76. The first kappa shape index (κ1) is 14.8. The van der Waals surface area contributed by atoms with Crippen LogP contribution in [0.2, 0.25) is 0 Å². The highest BCUT2D eigenvalue weighted by Gasteiger charge is 2.04. The quantitative estimate of drug-likeness (QED) is 0.845. The molecule has 0 aliphatic heterocycles. The van der Waals surface area contributed by atoms with Gasteiger partial charge in [-0.05, 0) is 35.9 Å². The Labute approximate surface area is 124 Å². The van der Waals surface area contributed by atoms with Crippen LogP contribution in [0, 0.1) is 11.8 Å². The number of hydrogen-bond donors (Lipinski definition) is 2. The van der Waals surface area contributed by atoms with Crippen LogP contribution in [0.1, 0.15) is 11.1 Å².